The molecule has 0 saturated heterocycles. The van der Waals surface area contributed by atoms with Crippen molar-refractivity contribution < 1.29 is 0 Å². The predicted octanol–water partition coefficient (Wildman–Crippen LogP) is 4.07. The van der Waals surface area contributed by atoms with Crippen molar-refractivity contribution in [2.45, 2.75) is 60.3 Å². The van der Waals surface area contributed by atoms with Crippen LogP contribution in [0.5, 0.6) is 0 Å². The molecular formula is C15H30N2. The van der Waals surface area contributed by atoms with Crippen LogP contribution in [0.4, 0.5) is 0 Å². The van der Waals surface area contributed by atoms with Crippen molar-refractivity contribution in [2.24, 2.45) is 11.3 Å². The van der Waals surface area contributed by atoms with E-state index in [0.29, 0.717) is 0 Å². The van der Waals surface area contributed by atoms with Crippen LogP contribution in [-0.2, 0) is 0 Å². The van der Waals surface area contributed by atoms with Crippen molar-refractivity contribution in [3.63, 3.8) is 0 Å². The van der Waals surface area contributed by atoms with Gasteiger partial charge in [0.2, 0.25) is 0 Å². The molecule has 0 aliphatic rings. The monoisotopic (exact) mass is 238 g/mol. The molecule has 0 aromatic heterocycles. The first-order valence-electron chi connectivity index (χ1n) is 7.12. The van der Waals surface area contributed by atoms with E-state index in [0.717, 1.165) is 31.8 Å². The first-order chi connectivity index (χ1) is 7.99. The van der Waals surface area contributed by atoms with Gasteiger partial charge in [0.05, 0.1) is 11.5 Å². The van der Waals surface area contributed by atoms with Crippen molar-refractivity contribution in [3.8, 4) is 6.07 Å². The minimum Gasteiger partial charge on any atom is -0.303 e. The molecule has 0 saturated carbocycles. The second-order valence-corrected chi connectivity index (χ2v) is 5.67. The predicted molar refractivity (Wildman–Crippen MR) is 74.8 cm³/mol. The van der Waals surface area contributed by atoms with Crippen LogP contribution in [0.2, 0.25) is 0 Å². The summed E-state index contributed by atoms with van der Waals surface area (Å²) in [7, 11) is 0. The summed E-state index contributed by atoms with van der Waals surface area (Å²) < 4.78 is 0. The molecule has 17 heavy (non-hydrogen) atoms. The lowest BCUT2D eigenvalue weighted by Gasteiger charge is -2.26. The van der Waals surface area contributed by atoms with Gasteiger partial charge in [0.15, 0.2) is 0 Å². The molecule has 0 aliphatic carbocycles. The molecule has 0 amide bonds. The molecule has 100 valence electrons. The molecule has 2 nitrogen and oxygen atoms in total. The van der Waals surface area contributed by atoms with Crippen LogP contribution in [-0.4, -0.2) is 24.5 Å². The fraction of sp³-hybridized carbons (Fsp3) is 0.933. The normalized spacial score (nSPS) is 12.1. The quantitative estimate of drug-likeness (QED) is 0.605. The summed E-state index contributed by atoms with van der Waals surface area (Å²) in [6.45, 7) is 14.3. The van der Waals surface area contributed by atoms with Crippen molar-refractivity contribution in [2.75, 3.05) is 19.6 Å². The molecule has 2 heteroatoms. The lowest BCUT2D eigenvalue weighted by Crippen LogP contribution is -2.30. The number of nitriles is 1. The molecule has 0 unspecified atom stereocenters. The summed E-state index contributed by atoms with van der Waals surface area (Å²) in [6.07, 6.45) is 4.69. The highest BCUT2D eigenvalue weighted by molar-refractivity contribution is 4.91. The van der Waals surface area contributed by atoms with Crippen LogP contribution in [0.1, 0.15) is 60.3 Å². The molecule has 0 aliphatic heterocycles. The van der Waals surface area contributed by atoms with Crippen molar-refractivity contribution >= 4 is 0 Å². The van der Waals surface area contributed by atoms with Gasteiger partial charge in [0.1, 0.15) is 0 Å². The molecule has 0 spiro atoms. The standard InChI is InChI=1S/C15H30N2/c1-6-14(7-2)12-17(8-3)11-9-10-15(4,5)13-16/h14H,6-12H2,1-5H3. The lowest BCUT2D eigenvalue weighted by molar-refractivity contribution is 0.222. The van der Waals surface area contributed by atoms with Gasteiger partial charge < -0.3 is 4.90 Å². The van der Waals surface area contributed by atoms with Crippen LogP contribution in [0.25, 0.3) is 0 Å². The number of hydrogen-bond donors (Lipinski definition) is 0. The Bertz CT molecular complexity index is 224. The average Bonchev–Trinajstić information content (AvgIpc) is 2.33. The lowest BCUT2D eigenvalue weighted by atomic mass is 9.89. The van der Waals surface area contributed by atoms with E-state index in [1.807, 2.05) is 13.8 Å². The smallest absolute Gasteiger partial charge is 0.0683 e. The molecule has 0 radical (unpaired) electrons. The van der Waals surface area contributed by atoms with Crippen LogP contribution in [0, 0.1) is 22.7 Å². The van der Waals surface area contributed by atoms with Gasteiger partial charge in [-0.3, -0.25) is 0 Å². The molecule has 0 fully saturated rings. The molecular weight excluding hydrogens is 208 g/mol. The molecule has 0 rings (SSSR count). The molecule has 0 N–H and O–H groups in total. The summed E-state index contributed by atoms with van der Waals surface area (Å²) in [5.74, 6) is 0.832. The Morgan fingerprint density at radius 1 is 1.18 bits per heavy atom. The first kappa shape index (κ1) is 16.4. The van der Waals surface area contributed by atoms with Gasteiger partial charge in [-0.1, -0.05) is 33.6 Å². The summed E-state index contributed by atoms with van der Waals surface area (Å²) in [6, 6.07) is 2.38. The van der Waals surface area contributed by atoms with Gasteiger partial charge in [0, 0.05) is 6.54 Å². The van der Waals surface area contributed by atoms with Crippen LogP contribution in [0.3, 0.4) is 0 Å². The van der Waals surface area contributed by atoms with Gasteiger partial charge in [0.25, 0.3) is 0 Å². The third-order valence-corrected chi connectivity index (χ3v) is 3.70. The largest absolute Gasteiger partial charge is 0.303 e. The van der Waals surface area contributed by atoms with E-state index < -0.39 is 0 Å². The van der Waals surface area contributed by atoms with E-state index in [4.69, 9.17) is 5.26 Å². The first-order valence-corrected chi connectivity index (χ1v) is 7.12. The third kappa shape index (κ3) is 7.39. The summed E-state index contributed by atoms with van der Waals surface area (Å²) in [5.41, 5.74) is -0.158. The Labute approximate surface area is 108 Å². The second-order valence-electron chi connectivity index (χ2n) is 5.67. The fourth-order valence-corrected chi connectivity index (χ4v) is 2.09. The van der Waals surface area contributed by atoms with Crippen LogP contribution < -0.4 is 0 Å². The Kier molecular flexibility index (Phi) is 8.25. The van der Waals surface area contributed by atoms with Gasteiger partial charge in [-0.2, -0.15) is 5.26 Å². The van der Waals surface area contributed by atoms with Crippen molar-refractivity contribution in [1.29, 1.82) is 5.26 Å². The van der Waals surface area contributed by atoms with E-state index in [1.165, 1.54) is 19.4 Å². The van der Waals surface area contributed by atoms with E-state index in [2.05, 4.69) is 31.7 Å². The highest BCUT2D eigenvalue weighted by atomic mass is 15.1. The zero-order valence-corrected chi connectivity index (χ0v) is 12.4. The van der Waals surface area contributed by atoms with Crippen LogP contribution >= 0.6 is 0 Å². The minimum absolute atomic E-state index is 0.158. The van der Waals surface area contributed by atoms with Crippen molar-refractivity contribution in [3.05, 3.63) is 0 Å². The number of hydrogen-bond acceptors (Lipinski definition) is 2. The maximum Gasteiger partial charge on any atom is 0.0683 e. The van der Waals surface area contributed by atoms with Crippen molar-refractivity contribution in [1.82, 2.24) is 4.90 Å². The van der Waals surface area contributed by atoms with Gasteiger partial charge >= 0.3 is 0 Å². The zero-order chi connectivity index (χ0) is 13.3. The van der Waals surface area contributed by atoms with E-state index in [-0.39, 0.29) is 5.41 Å². The SMILES string of the molecule is CCC(CC)CN(CC)CCCC(C)(C)C#N. The Balaban J connectivity index is 3.95. The fourth-order valence-electron chi connectivity index (χ4n) is 2.09. The molecule has 0 bridgehead atoms. The number of nitrogens with zero attached hydrogens (tertiary/aromatic N) is 2. The van der Waals surface area contributed by atoms with Gasteiger partial charge in [-0.15, -0.1) is 0 Å². The minimum atomic E-state index is -0.158. The Morgan fingerprint density at radius 3 is 2.18 bits per heavy atom. The van der Waals surface area contributed by atoms with E-state index in [9.17, 15) is 0 Å². The molecule has 0 heterocycles. The summed E-state index contributed by atoms with van der Waals surface area (Å²) in [5, 5.41) is 8.97. The highest BCUT2D eigenvalue weighted by Gasteiger charge is 2.17. The average molecular weight is 238 g/mol. The molecule has 0 aromatic carbocycles. The maximum absolute atomic E-state index is 8.97. The number of rotatable bonds is 9. The summed E-state index contributed by atoms with van der Waals surface area (Å²) >= 11 is 0. The maximum atomic E-state index is 8.97. The summed E-state index contributed by atoms with van der Waals surface area (Å²) in [4.78, 5) is 2.53. The second kappa shape index (κ2) is 8.53. The Hall–Kier alpha value is -0.550. The van der Waals surface area contributed by atoms with E-state index in [1.54, 1.807) is 0 Å². The third-order valence-electron chi connectivity index (χ3n) is 3.70. The van der Waals surface area contributed by atoms with E-state index >= 15 is 0 Å². The topological polar surface area (TPSA) is 27.0 Å². The van der Waals surface area contributed by atoms with Crippen LogP contribution in [0.15, 0.2) is 0 Å². The highest BCUT2D eigenvalue weighted by Crippen LogP contribution is 2.21. The Morgan fingerprint density at radius 2 is 1.76 bits per heavy atom. The van der Waals surface area contributed by atoms with Gasteiger partial charge in [-0.25, -0.2) is 0 Å². The van der Waals surface area contributed by atoms with Gasteiger partial charge in [-0.05, 0) is 45.7 Å². The molecule has 0 aromatic rings. The zero-order valence-electron chi connectivity index (χ0n) is 12.4. The molecule has 0 atom stereocenters.